The molecule has 0 spiro atoms. The van der Waals surface area contributed by atoms with Crippen LogP contribution in [0.5, 0.6) is 0 Å². The third-order valence-electron chi connectivity index (χ3n) is 4.29. The molecule has 5 nitrogen and oxygen atoms in total. The van der Waals surface area contributed by atoms with Gasteiger partial charge >= 0.3 is 6.18 Å². The first-order chi connectivity index (χ1) is 12.7. The number of aromatic nitrogens is 1. The fraction of sp³-hybridized carbons (Fsp3) is 0.167. The average Bonchev–Trinajstić information content (AvgIpc) is 3.07. The number of halogens is 3. The van der Waals surface area contributed by atoms with Crippen molar-refractivity contribution in [3.63, 3.8) is 0 Å². The number of hydrogen-bond acceptors (Lipinski definition) is 3. The molecule has 143 valence electrons. The molecule has 0 unspecified atom stereocenters. The van der Waals surface area contributed by atoms with Crippen LogP contribution in [0.3, 0.4) is 0 Å². The van der Waals surface area contributed by atoms with Gasteiger partial charge in [0.15, 0.2) is 0 Å². The Balaban J connectivity index is 0.00000225. The second-order valence-corrected chi connectivity index (χ2v) is 7.81. The molecule has 1 aliphatic rings. The molecular formula is C18H13AcF3N3O2S-. The summed E-state index contributed by atoms with van der Waals surface area (Å²) in [6.07, 6.45) is -2.78. The van der Waals surface area contributed by atoms with E-state index in [1.807, 2.05) is 0 Å². The zero-order valence-electron chi connectivity index (χ0n) is 14.4. The molecule has 4 rings (SSSR count). The number of sulfonamides is 1. The molecular weight excluding hydrogens is 606 g/mol. The molecule has 0 amide bonds. The van der Waals surface area contributed by atoms with Crippen LogP contribution in [0.1, 0.15) is 11.1 Å². The molecule has 10 heteroatoms. The van der Waals surface area contributed by atoms with Gasteiger partial charge in [0.25, 0.3) is 10.0 Å². The van der Waals surface area contributed by atoms with Gasteiger partial charge in [0.05, 0.1) is 27.9 Å². The molecule has 1 N–H and O–H groups in total. The number of rotatable bonds is 3. The van der Waals surface area contributed by atoms with E-state index < -0.39 is 21.8 Å². The van der Waals surface area contributed by atoms with Gasteiger partial charge in [0.1, 0.15) is 0 Å². The Morgan fingerprint density at radius 1 is 1.11 bits per heavy atom. The minimum atomic E-state index is -4.54. The third-order valence-corrected chi connectivity index (χ3v) is 5.67. The number of anilines is 1. The van der Waals surface area contributed by atoms with E-state index in [1.54, 1.807) is 12.1 Å². The normalized spacial score (nSPS) is 13.5. The van der Waals surface area contributed by atoms with Crippen molar-refractivity contribution in [1.82, 2.24) is 4.98 Å². The summed E-state index contributed by atoms with van der Waals surface area (Å²) >= 11 is 0. The van der Waals surface area contributed by atoms with Crippen molar-refractivity contribution < 1.29 is 65.7 Å². The van der Waals surface area contributed by atoms with Crippen LogP contribution in [-0.4, -0.2) is 19.9 Å². The summed E-state index contributed by atoms with van der Waals surface area (Å²) < 4.78 is 66.8. The average molecular weight is 619 g/mol. The van der Waals surface area contributed by atoms with Crippen LogP contribution in [0.25, 0.3) is 16.2 Å². The van der Waals surface area contributed by atoms with Crippen molar-refractivity contribution in [3.05, 3.63) is 65.1 Å². The van der Waals surface area contributed by atoms with Gasteiger partial charge in [0, 0.05) is 49.4 Å². The summed E-state index contributed by atoms with van der Waals surface area (Å²) in [5.74, 6) is 0. The smallest absolute Gasteiger partial charge is 0.418 e. The van der Waals surface area contributed by atoms with Crippen LogP contribution >= 0.6 is 0 Å². The second kappa shape index (κ2) is 7.81. The van der Waals surface area contributed by atoms with Gasteiger partial charge in [-0.3, -0.25) is 9.71 Å². The summed E-state index contributed by atoms with van der Waals surface area (Å²) in [5, 5.41) is 4.44. The topological polar surface area (TPSA) is 73.2 Å². The van der Waals surface area contributed by atoms with Crippen LogP contribution in [0.2, 0.25) is 0 Å². The number of fused-ring (bicyclic) bond motifs is 2. The largest absolute Gasteiger partial charge is 0.684 e. The van der Waals surface area contributed by atoms with E-state index >= 15 is 0 Å². The van der Waals surface area contributed by atoms with E-state index in [9.17, 15) is 21.6 Å². The van der Waals surface area contributed by atoms with E-state index in [1.165, 1.54) is 24.3 Å². The minimum absolute atomic E-state index is 0. The SMILES string of the molecule is O=S(=O)(Nc1cnc2c(C(F)(F)F)cccc2c1)c1ccc2c(c1)CC[N-]2.[Ac]. The molecule has 0 saturated carbocycles. The zero-order chi connectivity index (χ0) is 19.2. The van der Waals surface area contributed by atoms with Gasteiger partial charge in [-0.2, -0.15) is 13.2 Å². The number of alkyl halides is 3. The number of hydrogen-bond donors (Lipinski definition) is 1. The predicted molar refractivity (Wildman–Crippen MR) is 95.6 cm³/mol. The number of para-hydroxylation sites is 1. The van der Waals surface area contributed by atoms with Crippen molar-refractivity contribution in [2.75, 3.05) is 11.3 Å². The van der Waals surface area contributed by atoms with E-state index in [2.05, 4.69) is 15.0 Å². The van der Waals surface area contributed by atoms with E-state index in [0.717, 1.165) is 23.5 Å². The molecule has 28 heavy (non-hydrogen) atoms. The van der Waals surface area contributed by atoms with Crippen molar-refractivity contribution in [2.24, 2.45) is 0 Å². The summed E-state index contributed by atoms with van der Waals surface area (Å²) in [5.41, 5.74) is 0.626. The Kier molecular flexibility index (Phi) is 5.95. The maximum Gasteiger partial charge on any atom is 0.418 e. The van der Waals surface area contributed by atoms with Crippen LogP contribution in [-0.2, 0) is 22.6 Å². The molecule has 0 bridgehead atoms. The fourth-order valence-electron chi connectivity index (χ4n) is 3.04. The van der Waals surface area contributed by atoms with E-state index in [0.29, 0.717) is 13.0 Å². The van der Waals surface area contributed by atoms with Gasteiger partial charge in [0.2, 0.25) is 0 Å². The first kappa shape index (κ1) is 21.3. The third kappa shape index (κ3) is 4.14. The van der Waals surface area contributed by atoms with Gasteiger partial charge in [-0.15, -0.1) is 12.2 Å². The summed E-state index contributed by atoms with van der Waals surface area (Å²) in [4.78, 5) is 3.89. The summed E-state index contributed by atoms with van der Waals surface area (Å²) in [6.45, 7) is 0.627. The molecule has 0 saturated heterocycles. The number of pyridine rings is 1. The van der Waals surface area contributed by atoms with E-state index in [-0.39, 0.29) is 65.5 Å². The molecule has 3 aromatic rings. The molecule has 2 aromatic carbocycles. The monoisotopic (exact) mass is 619 g/mol. The molecule has 0 atom stereocenters. The maximum absolute atomic E-state index is 13.1. The number of benzene rings is 2. The van der Waals surface area contributed by atoms with Crippen LogP contribution in [0.15, 0.2) is 53.6 Å². The van der Waals surface area contributed by atoms with Crippen molar-refractivity contribution in [1.29, 1.82) is 0 Å². The first-order valence-corrected chi connectivity index (χ1v) is 9.51. The molecule has 2 heterocycles. The predicted octanol–water partition coefficient (Wildman–Crippen LogP) is 4.62. The molecule has 0 aliphatic carbocycles. The maximum atomic E-state index is 13.1. The first-order valence-electron chi connectivity index (χ1n) is 8.03. The zero-order valence-corrected chi connectivity index (χ0v) is 19.9. The van der Waals surface area contributed by atoms with Gasteiger partial charge < -0.3 is 5.32 Å². The quantitative estimate of drug-likeness (QED) is 0.466. The van der Waals surface area contributed by atoms with Crippen molar-refractivity contribution >= 4 is 32.3 Å². The number of nitrogens with one attached hydrogen (secondary N) is 1. The summed E-state index contributed by atoms with van der Waals surface area (Å²) in [6, 6.07) is 9.63. The Bertz CT molecular complexity index is 1150. The van der Waals surface area contributed by atoms with Crippen molar-refractivity contribution in [2.45, 2.75) is 17.5 Å². The van der Waals surface area contributed by atoms with Crippen LogP contribution < -0.4 is 4.72 Å². The number of nitrogens with zero attached hydrogens (tertiary/aromatic N) is 2. The Morgan fingerprint density at radius 3 is 2.64 bits per heavy atom. The molecule has 1 aliphatic heterocycles. The minimum Gasteiger partial charge on any atom is -0.684 e. The van der Waals surface area contributed by atoms with Gasteiger partial charge in [-0.05, 0) is 30.7 Å². The van der Waals surface area contributed by atoms with Crippen molar-refractivity contribution in [3.8, 4) is 0 Å². The van der Waals surface area contributed by atoms with Crippen LogP contribution in [0.4, 0.5) is 24.5 Å². The Hall–Kier alpha value is -1.37. The second-order valence-electron chi connectivity index (χ2n) is 6.13. The van der Waals surface area contributed by atoms with Gasteiger partial charge in [-0.25, -0.2) is 8.42 Å². The standard InChI is InChI=1S/C18H13F3N3O2S.Ac/c19-18(20,21)15-3-1-2-12-8-13(10-23-17(12)15)24-27(25,26)14-4-5-16-11(9-14)6-7-22-16;/h1-5,8-10,24H,6-7H2;/q-1;. The van der Waals surface area contributed by atoms with E-state index in [4.69, 9.17) is 0 Å². The van der Waals surface area contributed by atoms with Crippen LogP contribution in [0, 0.1) is 44.1 Å². The fourth-order valence-corrected chi connectivity index (χ4v) is 4.12. The molecule has 1 aromatic heterocycles. The van der Waals surface area contributed by atoms with Gasteiger partial charge in [-0.1, -0.05) is 23.8 Å². The molecule has 1 radical (unpaired) electrons. The Labute approximate surface area is 195 Å². The molecule has 0 fully saturated rings. The Morgan fingerprint density at radius 2 is 1.89 bits per heavy atom. The summed E-state index contributed by atoms with van der Waals surface area (Å²) in [7, 11) is -3.90.